The van der Waals surface area contributed by atoms with Gasteiger partial charge in [-0.15, -0.1) is 6.42 Å². The second-order valence-corrected chi connectivity index (χ2v) is 2.40. The van der Waals surface area contributed by atoms with Crippen molar-refractivity contribution in [1.29, 1.82) is 0 Å². The molecule has 0 aromatic heterocycles. The average molecular weight is 177 g/mol. The molecule has 3 nitrogen and oxygen atoms in total. The predicted octanol–water partition coefficient (Wildman–Crippen LogP) is 1.29. The maximum absolute atomic E-state index is 5.56. The largest absolute Gasteiger partial charge is 0.493 e. The van der Waals surface area contributed by atoms with E-state index in [1.807, 2.05) is 0 Å². The third kappa shape index (κ3) is 2.31. The molecule has 0 fully saturated rings. The standard InChI is InChI=1S/C10H11NO2/c1-3-6-13-9-5-4-8(11)7-10(9)12-2/h1,4-5,7H,6,11H2,2H3. The first-order valence-electron chi connectivity index (χ1n) is 3.77. The molecule has 0 spiro atoms. The van der Waals surface area contributed by atoms with Crippen LogP contribution in [0, 0.1) is 12.3 Å². The number of nitrogens with two attached hydrogens (primary N) is 1. The highest BCUT2D eigenvalue weighted by atomic mass is 16.5. The second-order valence-electron chi connectivity index (χ2n) is 2.40. The summed E-state index contributed by atoms with van der Waals surface area (Å²) >= 11 is 0. The lowest BCUT2D eigenvalue weighted by Gasteiger charge is -2.08. The second kappa shape index (κ2) is 4.27. The van der Waals surface area contributed by atoms with Crippen LogP contribution in [0.3, 0.4) is 0 Å². The van der Waals surface area contributed by atoms with E-state index in [1.54, 1.807) is 25.3 Å². The van der Waals surface area contributed by atoms with Crippen LogP contribution in [0.2, 0.25) is 0 Å². The van der Waals surface area contributed by atoms with Crippen molar-refractivity contribution in [2.24, 2.45) is 0 Å². The fourth-order valence-electron chi connectivity index (χ4n) is 0.923. The Hall–Kier alpha value is -1.82. The van der Waals surface area contributed by atoms with Crippen LogP contribution in [0.25, 0.3) is 0 Å². The molecule has 0 saturated heterocycles. The number of hydrogen-bond acceptors (Lipinski definition) is 3. The summed E-state index contributed by atoms with van der Waals surface area (Å²) in [7, 11) is 1.55. The van der Waals surface area contributed by atoms with Crippen molar-refractivity contribution in [2.75, 3.05) is 19.5 Å². The van der Waals surface area contributed by atoms with E-state index in [0.717, 1.165) is 0 Å². The van der Waals surface area contributed by atoms with Crippen molar-refractivity contribution < 1.29 is 9.47 Å². The molecule has 0 aliphatic rings. The van der Waals surface area contributed by atoms with Gasteiger partial charge >= 0.3 is 0 Å². The summed E-state index contributed by atoms with van der Waals surface area (Å²) in [6.45, 7) is 0.222. The van der Waals surface area contributed by atoms with E-state index in [1.165, 1.54) is 0 Å². The molecule has 0 unspecified atom stereocenters. The molecule has 0 aliphatic carbocycles. The summed E-state index contributed by atoms with van der Waals surface area (Å²) in [5.74, 6) is 3.57. The van der Waals surface area contributed by atoms with Crippen LogP contribution in [-0.4, -0.2) is 13.7 Å². The summed E-state index contributed by atoms with van der Waals surface area (Å²) in [6.07, 6.45) is 5.06. The van der Waals surface area contributed by atoms with Gasteiger partial charge in [-0.2, -0.15) is 0 Å². The van der Waals surface area contributed by atoms with Gasteiger partial charge in [0.15, 0.2) is 11.5 Å². The molecule has 3 heteroatoms. The molecule has 0 amide bonds. The lowest BCUT2D eigenvalue weighted by atomic mass is 10.3. The maximum atomic E-state index is 5.56. The molecule has 1 aromatic rings. The minimum atomic E-state index is 0.222. The van der Waals surface area contributed by atoms with Crippen LogP contribution >= 0.6 is 0 Å². The third-order valence-corrected chi connectivity index (χ3v) is 1.50. The van der Waals surface area contributed by atoms with Gasteiger partial charge in [0.2, 0.25) is 0 Å². The van der Waals surface area contributed by atoms with Gasteiger partial charge in [0.1, 0.15) is 6.61 Å². The number of rotatable bonds is 3. The Kier molecular flexibility index (Phi) is 3.04. The fraction of sp³-hybridized carbons (Fsp3) is 0.200. The molecule has 1 aromatic carbocycles. The number of hydrogen-bond donors (Lipinski definition) is 1. The normalized spacial score (nSPS) is 8.92. The van der Waals surface area contributed by atoms with Crippen molar-refractivity contribution in [2.45, 2.75) is 0 Å². The number of benzene rings is 1. The first kappa shape index (κ1) is 9.27. The smallest absolute Gasteiger partial charge is 0.162 e. The Bertz CT molecular complexity index is 328. The topological polar surface area (TPSA) is 44.5 Å². The molecule has 2 N–H and O–H groups in total. The molecule has 1 rings (SSSR count). The minimum absolute atomic E-state index is 0.222. The van der Waals surface area contributed by atoms with Crippen LogP contribution in [0.15, 0.2) is 18.2 Å². The van der Waals surface area contributed by atoms with Crippen LogP contribution in [-0.2, 0) is 0 Å². The molecule has 13 heavy (non-hydrogen) atoms. The van der Waals surface area contributed by atoms with E-state index >= 15 is 0 Å². The Morgan fingerprint density at radius 3 is 2.85 bits per heavy atom. The highest BCUT2D eigenvalue weighted by Crippen LogP contribution is 2.28. The number of ether oxygens (including phenoxy) is 2. The van der Waals surface area contributed by atoms with Gasteiger partial charge in [-0.3, -0.25) is 0 Å². The molecular weight excluding hydrogens is 166 g/mol. The lowest BCUT2D eigenvalue weighted by molar-refractivity contribution is 0.331. The van der Waals surface area contributed by atoms with Crippen LogP contribution in [0.1, 0.15) is 0 Å². The zero-order valence-corrected chi connectivity index (χ0v) is 7.41. The molecule has 0 bridgehead atoms. The van der Waals surface area contributed by atoms with E-state index in [4.69, 9.17) is 21.6 Å². The van der Waals surface area contributed by atoms with E-state index in [0.29, 0.717) is 17.2 Å². The number of methoxy groups -OCH3 is 1. The zero-order chi connectivity index (χ0) is 9.68. The van der Waals surface area contributed by atoms with Gasteiger partial charge < -0.3 is 15.2 Å². The van der Waals surface area contributed by atoms with Crippen molar-refractivity contribution in [3.8, 4) is 23.8 Å². The Morgan fingerprint density at radius 1 is 1.46 bits per heavy atom. The molecule has 0 atom stereocenters. The van der Waals surface area contributed by atoms with Gasteiger partial charge in [-0.05, 0) is 12.1 Å². The Balaban J connectivity index is 2.87. The first-order valence-corrected chi connectivity index (χ1v) is 3.77. The minimum Gasteiger partial charge on any atom is -0.493 e. The Labute approximate surface area is 77.5 Å². The fourth-order valence-corrected chi connectivity index (χ4v) is 0.923. The van der Waals surface area contributed by atoms with Gasteiger partial charge in [0, 0.05) is 11.8 Å². The highest BCUT2D eigenvalue weighted by molar-refractivity contribution is 5.51. The SMILES string of the molecule is C#CCOc1ccc(N)cc1OC. The van der Waals surface area contributed by atoms with Gasteiger partial charge in [0.05, 0.1) is 7.11 Å². The lowest BCUT2D eigenvalue weighted by Crippen LogP contribution is -1.97. The monoisotopic (exact) mass is 177 g/mol. The van der Waals surface area contributed by atoms with Crippen molar-refractivity contribution in [1.82, 2.24) is 0 Å². The third-order valence-electron chi connectivity index (χ3n) is 1.50. The molecular formula is C10H11NO2. The summed E-state index contributed by atoms with van der Waals surface area (Å²) in [5.41, 5.74) is 6.19. The van der Waals surface area contributed by atoms with E-state index in [-0.39, 0.29) is 6.61 Å². The van der Waals surface area contributed by atoms with Crippen molar-refractivity contribution in [3.63, 3.8) is 0 Å². The van der Waals surface area contributed by atoms with Gasteiger partial charge in [0.25, 0.3) is 0 Å². The van der Waals surface area contributed by atoms with E-state index in [2.05, 4.69) is 5.92 Å². The molecule has 68 valence electrons. The average Bonchev–Trinajstić information content (AvgIpc) is 2.16. The quantitative estimate of drug-likeness (QED) is 0.559. The van der Waals surface area contributed by atoms with Gasteiger partial charge in [-0.25, -0.2) is 0 Å². The first-order chi connectivity index (χ1) is 6.27. The predicted molar refractivity (Wildman–Crippen MR) is 51.7 cm³/mol. The molecule has 0 radical (unpaired) electrons. The van der Waals surface area contributed by atoms with E-state index in [9.17, 15) is 0 Å². The zero-order valence-electron chi connectivity index (χ0n) is 7.41. The van der Waals surface area contributed by atoms with Crippen LogP contribution < -0.4 is 15.2 Å². The number of terminal acetylenes is 1. The molecule has 0 heterocycles. The summed E-state index contributed by atoms with van der Waals surface area (Å²) in [6, 6.07) is 5.14. The molecule has 0 saturated carbocycles. The number of anilines is 1. The Morgan fingerprint density at radius 2 is 2.23 bits per heavy atom. The van der Waals surface area contributed by atoms with Crippen molar-refractivity contribution in [3.05, 3.63) is 18.2 Å². The maximum Gasteiger partial charge on any atom is 0.162 e. The summed E-state index contributed by atoms with van der Waals surface area (Å²) in [4.78, 5) is 0. The van der Waals surface area contributed by atoms with E-state index < -0.39 is 0 Å². The molecule has 0 aliphatic heterocycles. The van der Waals surface area contributed by atoms with Crippen LogP contribution in [0.5, 0.6) is 11.5 Å². The number of nitrogen functional groups attached to an aromatic ring is 1. The van der Waals surface area contributed by atoms with Gasteiger partial charge in [-0.1, -0.05) is 5.92 Å². The van der Waals surface area contributed by atoms with Crippen LogP contribution in [0.4, 0.5) is 5.69 Å². The van der Waals surface area contributed by atoms with Crippen molar-refractivity contribution >= 4 is 5.69 Å². The summed E-state index contributed by atoms with van der Waals surface area (Å²) < 4.78 is 10.3. The highest BCUT2D eigenvalue weighted by Gasteiger charge is 2.02. The summed E-state index contributed by atoms with van der Waals surface area (Å²) in [5, 5.41) is 0.